The zero-order valence-electron chi connectivity index (χ0n) is 9.33. The van der Waals surface area contributed by atoms with Crippen LogP contribution in [0.3, 0.4) is 0 Å². The Hall–Kier alpha value is -1.66. The predicted molar refractivity (Wildman–Crippen MR) is 69.0 cm³/mol. The van der Waals surface area contributed by atoms with Crippen LogP contribution in [0.4, 0.5) is 5.69 Å². The number of nitrogens with zero attached hydrogens (tertiary/aromatic N) is 3. The van der Waals surface area contributed by atoms with E-state index in [0.717, 1.165) is 16.7 Å². The van der Waals surface area contributed by atoms with Crippen LogP contribution in [-0.4, -0.2) is 14.9 Å². The first kappa shape index (κ1) is 12.8. The zero-order chi connectivity index (χ0) is 13.1. The number of nitro groups is 1. The van der Waals surface area contributed by atoms with E-state index < -0.39 is 4.92 Å². The monoisotopic (exact) mass is 281 g/mol. The van der Waals surface area contributed by atoms with Crippen LogP contribution in [0.15, 0.2) is 40.4 Å². The SMILES string of the molecule is Cc1cccc(Sc2nc(Cl)ncc2[N+](=O)[O-])c1. The molecule has 0 bridgehead atoms. The molecule has 0 saturated carbocycles. The Morgan fingerprint density at radius 2 is 2.22 bits per heavy atom. The Labute approximate surface area is 112 Å². The second-order valence-corrected chi connectivity index (χ2v) is 4.91. The van der Waals surface area contributed by atoms with E-state index in [1.165, 1.54) is 11.8 Å². The van der Waals surface area contributed by atoms with Crippen LogP contribution < -0.4 is 0 Å². The maximum atomic E-state index is 10.9. The molecule has 0 amide bonds. The number of aryl methyl sites for hydroxylation is 1. The van der Waals surface area contributed by atoms with Gasteiger partial charge in [0.2, 0.25) is 5.28 Å². The normalized spacial score (nSPS) is 10.3. The molecule has 0 spiro atoms. The van der Waals surface area contributed by atoms with Crippen LogP contribution in [0.25, 0.3) is 0 Å². The molecule has 5 nitrogen and oxygen atoms in total. The molecule has 0 aliphatic carbocycles. The zero-order valence-corrected chi connectivity index (χ0v) is 10.9. The number of halogens is 1. The molecule has 0 aliphatic heterocycles. The van der Waals surface area contributed by atoms with Crippen molar-refractivity contribution in [2.75, 3.05) is 0 Å². The minimum atomic E-state index is -0.519. The molecule has 0 N–H and O–H groups in total. The summed E-state index contributed by atoms with van der Waals surface area (Å²) in [6, 6.07) is 7.61. The summed E-state index contributed by atoms with van der Waals surface area (Å²) in [6.07, 6.45) is 1.12. The van der Waals surface area contributed by atoms with Crippen LogP contribution in [-0.2, 0) is 0 Å². The van der Waals surface area contributed by atoms with E-state index in [1.54, 1.807) is 0 Å². The summed E-state index contributed by atoms with van der Waals surface area (Å²) in [6.45, 7) is 1.95. The van der Waals surface area contributed by atoms with Crippen molar-refractivity contribution in [1.29, 1.82) is 0 Å². The van der Waals surface area contributed by atoms with Crippen LogP contribution in [0.1, 0.15) is 5.56 Å². The quantitative estimate of drug-likeness (QED) is 0.373. The average molecular weight is 282 g/mol. The minimum absolute atomic E-state index is 0.00393. The van der Waals surface area contributed by atoms with Gasteiger partial charge in [-0.1, -0.05) is 29.5 Å². The maximum Gasteiger partial charge on any atom is 0.319 e. The molecule has 0 aliphatic rings. The largest absolute Gasteiger partial charge is 0.319 e. The molecule has 1 aromatic heterocycles. The van der Waals surface area contributed by atoms with Gasteiger partial charge in [-0.3, -0.25) is 10.1 Å². The Balaban J connectivity index is 2.39. The molecule has 2 rings (SSSR count). The molecule has 0 unspecified atom stereocenters. The van der Waals surface area contributed by atoms with Crippen LogP contribution in [0.5, 0.6) is 0 Å². The van der Waals surface area contributed by atoms with E-state index >= 15 is 0 Å². The maximum absolute atomic E-state index is 10.9. The molecule has 1 heterocycles. The number of rotatable bonds is 3. The van der Waals surface area contributed by atoms with Crippen molar-refractivity contribution in [2.45, 2.75) is 16.8 Å². The summed E-state index contributed by atoms with van der Waals surface area (Å²) < 4.78 is 0. The van der Waals surface area contributed by atoms with Crippen LogP contribution >= 0.6 is 23.4 Å². The Morgan fingerprint density at radius 3 is 2.89 bits per heavy atom. The highest BCUT2D eigenvalue weighted by atomic mass is 35.5. The highest BCUT2D eigenvalue weighted by molar-refractivity contribution is 7.99. The molecule has 0 radical (unpaired) electrons. The molecular formula is C11H8ClN3O2S. The lowest BCUT2D eigenvalue weighted by molar-refractivity contribution is -0.388. The van der Waals surface area contributed by atoms with Crippen LogP contribution in [0.2, 0.25) is 5.28 Å². The number of benzene rings is 1. The van der Waals surface area contributed by atoms with Gasteiger partial charge in [-0.15, -0.1) is 0 Å². The van der Waals surface area contributed by atoms with Gasteiger partial charge in [-0.05, 0) is 30.7 Å². The third-order valence-corrected chi connectivity index (χ3v) is 3.27. The molecule has 2 aromatic rings. The first-order valence-electron chi connectivity index (χ1n) is 4.98. The van der Waals surface area contributed by atoms with Crippen LogP contribution in [0, 0.1) is 17.0 Å². The predicted octanol–water partition coefficient (Wildman–Crippen LogP) is 3.50. The first-order valence-corrected chi connectivity index (χ1v) is 6.17. The highest BCUT2D eigenvalue weighted by Gasteiger charge is 2.17. The summed E-state index contributed by atoms with van der Waals surface area (Å²) in [5, 5.41) is 11.1. The van der Waals surface area contributed by atoms with Crippen molar-refractivity contribution in [3.8, 4) is 0 Å². The molecule has 0 atom stereocenters. The lowest BCUT2D eigenvalue weighted by Gasteiger charge is -2.02. The molecule has 18 heavy (non-hydrogen) atoms. The van der Waals surface area contributed by atoms with Crippen molar-refractivity contribution in [1.82, 2.24) is 9.97 Å². The van der Waals surface area contributed by atoms with Crippen molar-refractivity contribution >= 4 is 29.1 Å². The van der Waals surface area contributed by atoms with Gasteiger partial charge in [0.1, 0.15) is 6.20 Å². The van der Waals surface area contributed by atoms with Crippen molar-refractivity contribution in [2.24, 2.45) is 0 Å². The van der Waals surface area contributed by atoms with Crippen molar-refractivity contribution in [3.05, 3.63) is 51.4 Å². The molecule has 0 saturated heterocycles. The Kier molecular flexibility index (Phi) is 3.78. The average Bonchev–Trinajstić information content (AvgIpc) is 2.28. The van der Waals surface area contributed by atoms with E-state index in [0.29, 0.717) is 0 Å². The number of aromatic nitrogens is 2. The summed E-state index contributed by atoms with van der Waals surface area (Å²) >= 11 is 6.85. The fourth-order valence-corrected chi connectivity index (χ4v) is 2.49. The highest BCUT2D eigenvalue weighted by Crippen LogP contribution is 2.33. The third kappa shape index (κ3) is 2.96. The smallest absolute Gasteiger partial charge is 0.258 e. The van der Waals surface area contributed by atoms with Crippen molar-refractivity contribution in [3.63, 3.8) is 0 Å². The fourth-order valence-electron chi connectivity index (χ4n) is 1.33. The molecule has 7 heteroatoms. The number of hydrogen-bond donors (Lipinski definition) is 0. The lowest BCUT2D eigenvalue weighted by Crippen LogP contribution is -1.95. The van der Waals surface area contributed by atoms with Crippen molar-refractivity contribution < 1.29 is 4.92 Å². The second kappa shape index (κ2) is 5.32. The van der Waals surface area contributed by atoms with Gasteiger partial charge in [0, 0.05) is 4.90 Å². The van der Waals surface area contributed by atoms with Gasteiger partial charge in [0.15, 0.2) is 5.03 Å². The van der Waals surface area contributed by atoms with E-state index in [9.17, 15) is 10.1 Å². The molecule has 0 fully saturated rings. The van der Waals surface area contributed by atoms with Gasteiger partial charge >= 0.3 is 5.69 Å². The van der Waals surface area contributed by atoms with Gasteiger partial charge in [-0.2, -0.15) is 0 Å². The topological polar surface area (TPSA) is 68.9 Å². The standard InChI is InChI=1S/C11H8ClN3O2S/c1-7-3-2-4-8(5-7)18-10-9(15(16)17)6-13-11(12)14-10/h2-6H,1H3. The third-order valence-electron chi connectivity index (χ3n) is 2.11. The first-order chi connectivity index (χ1) is 8.56. The summed E-state index contributed by atoms with van der Waals surface area (Å²) in [7, 11) is 0. The summed E-state index contributed by atoms with van der Waals surface area (Å²) in [5.74, 6) is 0. The van der Waals surface area contributed by atoms with E-state index in [2.05, 4.69) is 9.97 Å². The summed E-state index contributed by atoms with van der Waals surface area (Å²) in [5.41, 5.74) is 0.925. The Morgan fingerprint density at radius 1 is 1.44 bits per heavy atom. The summed E-state index contributed by atoms with van der Waals surface area (Å²) in [4.78, 5) is 18.7. The molecule has 1 aromatic carbocycles. The van der Waals surface area contributed by atoms with E-state index in [-0.39, 0.29) is 16.0 Å². The van der Waals surface area contributed by atoms with Gasteiger partial charge < -0.3 is 0 Å². The number of hydrogen-bond acceptors (Lipinski definition) is 5. The van der Waals surface area contributed by atoms with Gasteiger partial charge in [0.05, 0.1) is 4.92 Å². The van der Waals surface area contributed by atoms with Gasteiger partial charge in [-0.25, -0.2) is 9.97 Å². The van der Waals surface area contributed by atoms with E-state index in [1.807, 2.05) is 31.2 Å². The van der Waals surface area contributed by atoms with E-state index in [4.69, 9.17) is 11.6 Å². The minimum Gasteiger partial charge on any atom is -0.258 e. The van der Waals surface area contributed by atoms with Gasteiger partial charge in [0.25, 0.3) is 0 Å². The molecule has 92 valence electrons. The molecular weight excluding hydrogens is 274 g/mol. The Bertz CT molecular complexity index is 607. The lowest BCUT2D eigenvalue weighted by atomic mass is 10.2. The fraction of sp³-hybridized carbons (Fsp3) is 0.0909. The second-order valence-electron chi connectivity index (χ2n) is 3.51.